The van der Waals surface area contributed by atoms with Gasteiger partial charge in [-0.05, 0) is 28.3 Å². The number of rotatable bonds is 11. The molecule has 0 saturated carbocycles. The lowest BCUT2D eigenvalue weighted by molar-refractivity contribution is -0.143. The first-order valence-electron chi connectivity index (χ1n) is 11.0. The Morgan fingerprint density at radius 2 is 1.34 bits per heavy atom. The Balaban J connectivity index is 1.68. The van der Waals surface area contributed by atoms with Crippen molar-refractivity contribution < 1.29 is 29.4 Å². The number of carboxylic acids is 2. The van der Waals surface area contributed by atoms with Crippen molar-refractivity contribution >= 4 is 47.2 Å². The van der Waals surface area contributed by atoms with Crippen LogP contribution in [0, 0.1) is 0 Å². The monoisotopic (exact) mass is 494 g/mol. The third kappa shape index (κ3) is 7.58. The molecule has 3 aromatic rings. The minimum atomic E-state index is -1.45. The van der Waals surface area contributed by atoms with Gasteiger partial charge in [0.1, 0.15) is 12.1 Å². The molecular formula is C26H26N2O6S. The third-order valence-electron chi connectivity index (χ3n) is 5.45. The average Bonchev–Trinajstić information content (AvgIpc) is 2.83. The third-order valence-corrected chi connectivity index (χ3v) is 5.87. The van der Waals surface area contributed by atoms with Gasteiger partial charge < -0.3 is 20.8 Å². The molecule has 0 aromatic heterocycles. The number of aliphatic carboxylic acids is 2. The zero-order chi connectivity index (χ0) is 25.4. The molecule has 2 amide bonds. The molecule has 0 fully saturated rings. The first-order valence-corrected chi connectivity index (χ1v) is 11.5. The molecular weight excluding hydrogens is 468 g/mol. The molecule has 0 saturated heterocycles. The molecule has 0 aliphatic rings. The molecule has 0 aliphatic heterocycles. The summed E-state index contributed by atoms with van der Waals surface area (Å²) in [4.78, 5) is 48.6. The van der Waals surface area contributed by atoms with Crippen LogP contribution in [0.2, 0.25) is 0 Å². The molecule has 9 heteroatoms. The maximum absolute atomic E-state index is 12.8. The van der Waals surface area contributed by atoms with E-state index in [1.165, 1.54) is 0 Å². The molecule has 3 rings (SSSR count). The molecule has 4 N–H and O–H groups in total. The van der Waals surface area contributed by atoms with Crippen molar-refractivity contribution in [3.63, 3.8) is 0 Å². The highest BCUT2D eigenvalue weighted by Gasteiger charge is 2.30. The maximum Gasteiger partial charge on any atom is 0.326 e. The smallest absolute Gasteiger partial charge is 0.326 e. The molecule has 35 heavy (non-hydrogen) atoms. The lowest BCUT2D eigenvalue weighted by Crippen LogP contribution is -2.54. The minimum absolute atomic E-state index is 0.0111. The first-order chi connectivity index (χ1) is 16.7. The lowest BCUT2D eigenvalue weighted by atomic mass is 10.0. The summed E-state index contributed by atoms with van der Waals surface area (Å²) in [5.41, 5.74) is 1.54. The molecule has 0 spiro atoms. The second-order valence-electron chi connectivity index (χ2n) is 8.15. The number of nitrogens with one attached hydrogen (secondary N) is 2. The van der Waals surface area contributed by atoms with Crippen LogP contribution in [0.25, 0.3) is 10.8 Å². The van der Waals surface area contributed by atoms with Crippen LogP contribution in [-0.4, -0.2) is 51.3 Å². The topological polar surface area (TPSA) is 133 Å². The van der Waals surface area contributed by atoms with Crippen LogP contribution in [0.3, 0.4) is 0 Å². The Hall–Kier alpha value is -3.85. The van der Waals surface area contributed by atoms with Gasteiger partial charge in [0.2, 0.25) is 11.8 Å². The summed E-state index contributed by atoms with van der Waals surface area (Å²) in [6.45, 7) is 0. The Morgan fingerprint density at radius 3 is 2.00 bits per heavy atom. The van der Waals surface area contributed by atoms with Gasteiger partial charge in [-0.1, -0.05) is 72.8 Å². The van der Waals surface area contributed by atoms with E-state index in [9.17, 15) is 29.4 Å². The maximum atomic E-state index is 12.8. The molecule has 3 aromatic carbocycles. The number of carbonyl (C=O) groups is 4. The summed E-state index contributed by atoms with van der Waals surface area (Å²) in [5.74, 6) is -4.11. The second-order valence-corrected chi connectivity index (χ2v) is 8.77. The van der Waals surface area contributed by atoms with Gasteiger partial charge in [-0.3, -0.25) is 14.4 Å². The number of amides is 2. The van der Waals surface area contributed by atoms with Crippen LogP contribution in [0.5, 0.6) is 0 Å². The van der Waals surface area contributed by atoms with E-state index < -0.39 is 47.5 Å². The number of carboxylic acid groups (broad SMARTS) is 2. The summed E-state index contributed by atoms with van der Waals surface area (Å²) in [7, 11) is 0. The zero-order valence-corrected chi connectivity index (χ0v) is 19.7. The summed E-state index contributed by atoms with van der Waals surface area (Å²) < 4.78 is 0. The van der Waals surface area contributed by atoms with E-state index in [2.05, 4.69) is 23.3 Å². The van der Waals surface area contributed by atoms with Crippen LogP contribution in [0.1, 0.15) is 17.5 Å². The Labute approximate surface area is 207 Å². The number of hydrogen-bond acceptors (Lipinski definition) is 5. The summed E-state index contributed by atoms with van der Waals surface area (Å²) in [6.07, 6.45) is -0.439. The van der Waals surface area contributed by atoms with Crippen molar-refractivity contribution in [1.29, 1.82) is 0 Å². The van der Waals surface area contributed by atoms with Crippen molar-refractivity contribution in [3.8, 4) is 0 Å². The van der Waals surface area contributed by atoms with Crippen LogP contribution < -0.4 is 10.6 Å². The number of benzene rings is 3. The fourth-order valence-corrected chi connectivity index (χ4v) is 3.94. The molecule has 0 radical (unpaired) electrons. The van der Waals surface area contributed by atoms with Crippen LogP contribution in [0.15, 0.2) is 72.8 Å². The van der Waals surface area contributed by atoms with Gasteiger partial charge in [-0.2, -0.15) is 12.6 Å². The van der Waals surface area contributed by atoms with E-state index in [1.54, 1.807) is 6.07 Å². The predicted octanol–water partition coefficient (Wildman–Crippen LogP) is 2.45. The molecule has 3 atom stereocenters. The summed E-state index contributed by atoms with van der Waals surface area (Å²) in [6, 6.07) is 19.4. The van der Waals surface area contributed by atoms with E-state index in [0.717, 1.165) is 16.3 Å². The lowest BCUT2D eigenvalue weighted by Gasteiger charge is -2.22. The fraction of sp³-hybridized carbons (Fsp3) is 0.231. The van der Waals surface area contributed by atoms with E-state index in [1.807, 2.05) is 66.7 Å². The highest BCUT2D eigenvalue weighted by molar-refractivity contribution is 7.81. The highest BCUT2D eigenvalue weighted by atomic mass is 32.1. The summed E-state index contributed by atoms with van der Waals surface area (Å²) >= 11 is 4.28. The van der Waals surface area contributed by atoms with E-state index in [-0.39, 0.29) is 12.8 Å². The first kappa shape index (κ1) is 25.8. The van der Waals surface area contributed by atoms with Gasteiger partial charge in [0.25, 0.3) is 0 Å². The van der Waals surface area contributed by atoms with Crippen LogP contribution in [-0.2, 0) is 32.0 Å². The van der Waals surface area contributed by atoms with Crippen molar-refractivity contribution in [2.45, 2.75) is 36.6 Å². The standard InChI is InChI=1S/C26H26N2O6S/c29-23(30)15-20(27-25(32)22(35)14-16-6-2-1-3-7-16)24(31)28-21(26(33)34)13-17-10-11-18-8-4-5-9-19(18)12-17/h1-12,20-22,35H,13-15H2,(H,27,32)(H,28,31)(H,29,30)(H,33,34)/t20-,21-,22-/m0/s1. The molecule has 0 heterocycles. The van der Waals surface area contributed by atoms with Crippen molar-refractivity contribution in [1.82, 2.24) is 10.6 Å². The van der Waals surface area contributed by atoms with Crippen molar-refractivity contribution in [2.24, 2.45) is 0 Å². The minimum Gasteiger partial charge on any atom is -0.481 e. The number of carbonyl (C=O) groups excluding carboxylic acids is 2. The predicted molar refractivity (Wildman–Crippen MR) is 134 cm³/mol. The van der Waals surface area contributed by atoms with Gasteiger partial charge >= 0.3 is 11.9 Å². The van der Waals surface area contributed by atoms with Gasteiger partial charge in [0, 0.05) is 6.42 Å². The highest BCUT2D eigenvalue weighted by Crippen LogP contribution is 2.17. The Kier molecular flexibility index (Phi) is 8.86. The largest absolute Gasteiger partial charge is 0.481 e. The molecule has 0 aliphatic carbocycles. The molecule has 0 bridgehead atoms. The van der Waals surface area contributed by atoms with Crippen LogP contribution >= 0.6 is 12.6 Å². The number of fused-ring (bicyclic) bond motifs is 1. The number of hydrogen-bond donors (Lipinski definition) is 5. The van der Waals surface area contributed by atoms with Gasteiger partial charge in [-0.15, -0.1) is 0 Å². The van der Waals surface area contributed by atoms with Gasteiger partial charge in [-0.25, -0.2) is 4.79 Å². The van der Waals surface area contributed by atoms with E-state index >= 15 is 0 Å². The summed E-state index contributed by atoms with van der Waals surface area (Å²) in [5, 5.41) is 24.8. The molecule has 0 unspecified atom stereocenters. The van der Waals surface area contributed by atoms with E-state index in [4.69, 9.17) is 0 Å². The fourth-order valence-electron chi connectivity index (χ4n) is 3.66. The van der Waals surface area contributed by atoms with Crippen molar-refractivity contribution in [2.75, 3.05) is 0 Å². The van der Waals surface area contributed by atoms with Gasteiger partial charge in [0.15, 0.2) is 0 Å². The quantitative estimate of drug-likeness (QED) is 0.260. The Morgan fingerprint density at radius 1 is 0.714 bits per heavy atom. The second kappa shape index (κ2) is 12.0. The zero-order valence-electron chi connectivity index (χ0n) is 18.8. The van der Waals surface area contributed by atoms with E-state index in [0.29, 0.717) is 5.56 Å². The van der Waals surface area contributed by atoms with Crippen molar-refractivity contribution in [3.05, 3.63) is 83.9 Å². The molecule has 182 valence electrons. The van der Waals surface area contributed by atoms with Gasteiger partial charge in [0.05, 0.1) is 11.7 Å². The van der Waals surface area contributed by atoms with Crippen LogP contribution in [0.4, 0.5) is 0 Å². The normalized spacial score (nSPS) is 13.4. The molecule has 8 nitrogen and oxygen atoms in total. The number of thiol groups is 1. The Bertz CT molecular complexity index is 1220. The average molecular weight is 495 g/mol. The SMILES string of the molecule is O=C(O)C[C@H](NC(=O)[C@@H](S)Cc1ccccc1)C(=O)N[C@@H](Cc1ccc2ccccc2c1)C(=O)O.